The molecule has 0 spiro atoms. The molecule has 0 atom stereocenters. The predicted octanol–water partition coefficient (Wildman–Crippen LogP) is 4.09. The Balaban J connectivity index is 1.89. The SMILES string of the molecule is CON=Cc1cccc(-c2ccccc2NC(=O)c2ccc([N+](=O)[O-])o2)c1. The van der Waals surface area contributed by atoms with Crippen LogP contribution in [0.15, 0.2) is 70.2 Å². The van der Waals surface area contributed by atoms with E-state index in [0.717, 1.165) is 22.8 Å². The number of anilines is 1. The Bertz CT molecular complexity index is 1010. The van der Waals surface area contributed by atoms with Gasteiger partial charge in [-0.15, -0.1) is 0 Å². The lowest BCUT2D eigenvalue weighted by atomic mass is 10.0. The van der Waals surface area contributed by atoms with Crippen molar-refractivity contribution in [1.82, 2.24) is 0 Å². The van der Waals surface area contributed by atoms with E-state index in [2.05, 4.69) is 15.3 Å². The van der Waals surface area contributed by atoms with Gasteiger partial charge in [0.1, 0.15) is 12.0 Å². The molecule has 0 aliphatic rings. The van der Waals surface area contributed by atoms with Crippen LogP contribution < -0.4 is 5.32 Å². The maximum Gasteiger partial charge on any atom is 0.433 e. The number of nitrogens with zero attached hydrogens (tertiary/aromatic N) is 2. The van der Waals surface area contributed by atoms with Gasteiger partial charge in [-0.05, 0) is 29.3 Å². The molecule has 0 unspecified atom stereocenters. The van der Waals surface area contributed by atoms with E-state index in [4.69, 9.17) is 4.42 Å². The average molecular weight is 365 g/mol. The van der Waals surface area contributed by atoms with Crippen LogP contribution in [0.2, 0.25) is 0 Å². The fraction of sp³-hybridized carbons (Fsp3) is 0.0526. The Morgan fingerprint density at radius 1 is 1.19 bits per heavy atom. The quantitative estimate of drug-likeness (QED) is 0.402. The number of nitro groups is 1. The lowest BCUT2D eigenvalue weighted by Crippen LogP contribution is -2.11. The molecule has 3 rings (SSSR count). The van der Waals surface area contributed by atoms with Crippen LogP contribution in [0.3, 0.4) is 0 Å². The zero-order chi connectivity index (χ0) is 19.2. The first-order chi connectivity index (χ1) is 13.1. The molecule has 3 aromatic rings. The van der Waals surface area contributed by atoms with Crippen molar-refractivity contribution < 1.29 is 19.0 Å². The Morgan fingerprint density at radius 2 is 2.00 bits per heavy atom. The Morgan fingerprint density at radius 3 is 2.74 bits per heavy atom. The van der Waals surface area contributed by atoms with Crippen molar-refractivity contribution in [2.45, 2.75) is 0 Å². The standard InChI is InChI=1S/C19H15N3O5/c1-26-20-12-13-5-4-6-14(11-13)15-7-2-3-8-16(15)21-19(23)17-9-10-18(27-17)22(24)25/h2-12H,1H3,(H,21,23). The predicted molar refractivity (Wildman–Crippen MR) is 99.8 cm³/mol. The number of benzene rings is 2. The first kappa shape index (κ1) is 17.9. The van der Waals surface area contributed by atoms with E-state index in [1.54, 1.807) is 18.3 Å². The fourth-order valence-corrected chi connectivity index (χ4v) is 2.48. The minimum atomic E-state index is -0.697. The zero-order valence-electron chi connectivity index (χ0n) is 14.3. The zero-order valence-corrected chi connectivity index (χ0v) is 14.3. The van der Waals surface area contributed by atoms with E-state index in [-0.39, 0.29) is 5.76 Å². The van der Waals surface area contributed by atoms with Crippen molar-refractivity contribution in [3.8, 4) is 11.1 Å². The maximum atomic E-state index is 12.4. The molecule has 0 radical (unpaired) electrons. The van der Waals surface area contributed by atoms with Crippen LogP contribution in [-0.4, -0.2) is 24.2 Å². The van der Waals surface area contributed by atoms with Crippen molar-refractivity contribution in [3.05, 3.63) is 82.1 Å². The van der Waals surface area contributed by atoms with Gasteiger partial charge in [0.15, 0.2) is 5.76 Å². The van der Waals surface area contributed by atoms with E-state index in [9.17, 15) is 14.9 Å². The van der Waals surface area contributed by atoms with Gasteiger partial charge in [0.25, 0.3) is 5.91 Å². The van der Waals surface area contributed by atoms with Crippen LogP contribution in [0, 0.1) is 10.1 Å². The lowest BCUT2D eigenvalue weighted by Gasteiger charge is -2.11. The molecule has 8 heteroatoms. The topological polar surface area (TPSA) is 107 Å². The molecule has 1 N–H and O–H groups in total. The molecular weight excluding hydrogens is 350 g/mol. The molecule has 1 amide bonds. The summed E-state index contributed by atoms with van der Waals surface area (Å²) >= 11 is 0. The monoisotopic (exact) mass is 365 g/mol. The van der Waals surface area contributed by atoms with Gasteiger partial charge >= 0.3 is 5.88 Å². The van der Waals surface area contributed by atoms with Gasteiger partial charge in [-0.3, -0.25) is 14.9 Å². The summed E-state index contributed by atoms with van der Waals surface area (Å²) in [7, 11) is 1.46. The molecular formula is C19H15N3O5. The van der Waals surface area contributed by atoms with E-state index < -0.39 is 16.7 Å². The minimum absolute atomic E-state index is 0.141. The number of carbonyl (C=O) groups excluding carboxylic acids is 1. The van der Waals surface area contributed by atoms with Crippen LogP contribution in [0.1, 0.15) is 16.1 Å². The molecule has 1 heterocycles. The van der Waals surface area contributed by atoms with Crippen LogP contribution >= 0.6 is 0 Å². The van der Waals surface area contributed by atoms with Crippen LogP contribution in [0.25, 0.3) is 11.1 Å². The molecule has 1 aromatic heterocycles. The largest absolute Gasteiger partial charge is 0.433 e. The van der Waals surface area contributed by atoms with Crippen LogP contribution in [0.5, 0.6) is 0 Å². The molecule has 0 bridgehead atoms. The molecule has 0 saturated heterocycles. The molecule has 0 fully saturated rings. The van der Waals surface area contributed by atoms with Gasteiger partial charge in [0, 0.05) is 11.3 Å². The number of nitrogens with one attached hydrogen (secondary N) is 1. The highest BCUT2D eigenvalue weighted by Crippen LogP contribution is 2.29. The Labute approximate surface area is 154 Å². The molecule has 27 heavy (non-hydrogen) atoms. The second-order valence-electron chi connectivity index (χ2n) is 5.44. The summed E-state index contributed by atoms with van der Waals surface area (Å²) in [5.41, 5.74) is 3.01. The smallest absolute Gasteiger partial charge is 0.399 e. The number of hydrogen-bond donors (Lipinski definition) is 1. The summed E-state index contributed by atoms with van der Waals surface area (Å²) in [5, 5.41) is 17.2. The van der Waals surface area contributed by atoms with E-state index in [0.29, 0.717) is 5.69 Å². The number of furan rings is 1. The first-order valence-electron chi connectivity index (χ1n) is 7.90. The second-order valence-corrected chi connectivity index (χ2v) is 5.44. The van der Waals surface area contributed by atoms with Gasteiger partial charge in [0.2, 0.25) is 0 Å². The molecule has 0 aliphatic heterocycles. The van der Waals surface area contributed by atoms with Crippen molar-refractivity contribution in [1.29, 1.82) is 0 Å². The summed E-state index contributed by atoms with van der Waals surface area (Å²) < 4.78 is 4.95. The van der Waals surface area contributed by atoms with Crippen molar-refractivity contribution in [2.75, 3.05) is 12.4 Å². The van der Waals surface area contributed by atoms with Gasteiger partial charge in [-0.25, -0.2) is 0 Å². The number of rotatable bonds is 6. The molecule has 136 valence electrons. The number of oxime groups is 1. The molecule has 0 aliphatic carbocycles. The number of amides is 1. The molecule has 2 aromatic carbocycles. The van der Waals surface area contributed by atoms with Gasteiger partial charge in [0.05, 0.1) is 12.3 Å². The number of carbonyl (C=O) groups is 1. The van der Waals surface area contributed by atoms with E-state index >= 15 is 0 Å². The van der Waals surface area contributed by atoms with Crippen molar-refractivity contribution in [3.63, 3.8) is 0 Å². The first-order valence-corrected chi connectivity index (χ1v) is 7.90. The van der Waals surface area contributed by atoms with Gasteiger partial charge in [-0.1, -0.05) is 41.6 Å². The summed E-state index contributed by atoms with van der Waals surface area (Å²) in [5.74, 6) is -1.20. The highest BCUT2D eigenvalue weighted by Gasteiger charge is 2.18. The minimum Gasteiger partial charge on any atom is -0.399 e. The summed E-state index contributed by atoms with van der Waals surface area (Å²) in [6.07, 6.45) is 1.58. The lowest BCUT2D eigenvalue weighted by molar-refractivity contribution is -0.402. The fourth-order valence-electron chi connectivity index (χ4n) is 2.48. The molecule has 0 saturated carbocycles. The number of hydrogen-bond acceptors (Lipinski definition) is 6. The normalized spacial score (nSPS) is 10.7. The third kappa shape index (κ3) is 4.18. The third-order valence-corrected chi connectivity index (χ3v) is 3.68. The van der Waals surface area contributed by atoms with Crippen molar-refractivity contribution in [2.24, 2.45) is 5.16 Å². The van der Waals surface area contributed by atoms with Crippen LogP contribution in [0.4, 0.5) is 11.6 Å². The third-order valence-electron chi connectivity index (χ3n) is 3.68. The van der Waals surface area contributed by atoms with Gasteiger partial charge in [-0.2, -0.15) is 0 Å². The Kier molecular flexibility index (Phi) is 5.27. The second kappa shape index (κ2) is 7.96. The summed E-state index contributed by atoms with van der Waals surface area (Å²) in [6.45, 7) is 0. The molecule has 8 nitrogen and oxygen atoms in total. The summed E-state index contributed by atoms with van der Waals surface area (Å²) in [4.78, 5) is 27.1. The highest BCUT2D eigenvalue weighted by molar-refractivity contribution is 6.04. The Hall–Kier alpha value is -3.94. The maximum absolute atomic E-state index is 12.4. The average Bonchev–Trinajstić information content (AvgIpc) is 3.18. The van der Waals surface area contributed by atoms with Crippen LogP contribution in [-0.2, 0) is 4.84 Å². The van der Waals surface area contributed by atoms with E-state index in [1.165, 1.54) is 13.2 Å². The summed E-state index contributed by atoms with van der Waals surface area (Å²) in [6, 6.07) is 17.1. The van der Waals surface area contributed by atoms with Crippen molar-refractivity contribution >= 4 is 23.7 Å². The highest BCUT2D eigenvalue weighted by atomic mass is 16.6. The van der Waals surface area contributed by atoms with E-state index in [1.807, 2.05) is 36.4 Å². The number of para-hydroxylation sites is 1. The van der Waals surface area contributed by atoms with Gasteiger partial charge < -0.3 is 14.6 Å².